The van der Waals surface area contributed by atoms with Crippen molar-refractivity contribution in [3.8, 4) is 11.6 Å². The number of nitrogens with zero attached hydrogens (tertiary/aromatic N) is 3. The Hall–Kier alpha value is -1.72. The first-order valence-electron chi connectivity index (χ1n) is 6.36. The van der Waals surface area contributed by atoms with E-state index in [4.69, 9.17) is 16.3 Å². The van der Waals surface area contributed by atoms with Gasteiger partial charge in [0.1, 0.15) is 11.2 Å². The van der Waals surface area contributed by atoms with Crippen LogP contribution in [0.2, 0.25) is 5.15 Å². The predicted octanol–water partition coefficient (Wildman–Crippen LogP) is 4.02. The third-order valence-corrected chi connectivity index (χ3v) is 4.88. The molecule has 0 saturated carbocycles. The van der Waals surface area contributed by atoms with Crippen LogP contribution in [0.25, 0.3) is 10.2 Å². The zero-order valence-corrected chi connectivity index (χ0v) is 12.0. The summed E-state index contributed by atoms with van der Waals surface area (Å²) in [5, 5.41) is 1.37. The summed E-state index contributed by atoms with van der Waals surface area (Å²) in [5.41, 5.74) is 1.33. The number of pyridine rings is 1. The fourth-order valence-electron chi connectivity index (χ4n) is 2.53. The van der Waals surface area contributed by atoms with Gasteiger partial charge in [0.2, 0.25) is 5.88 Å². The van der Waals surface area contributed by atoms with Crippen LogP contribution in [0, 0.1) is 0 Å². The second-order valence-corrected chi connectivity index (χ2v) is 6.05. The van der Waals surface area contributed by atoms with Gasteiger partial charge >= 0.3 is 0 Å². The predicted molar refractivity (Wildman–Crippen MR) is 78.8 cm³/mol. The Morgan fingerprint density at radius 3 is 3.05 bits per heavy atom. The molecule has 0 fully saturated rings. The number of hydrogen-bond acceptors (Lipinski definition) is 5. The van der Waals surface area contributed by atoms with Gasteiger partial charge in [-0.05, 0) is 37.0 Å². The monoisotopic (exact) mass is 303 g/mol. The molecule has 0 N–H and O–H groups in total. The van der Waals surface area contributed by atoms with Crippen LogP contribution < -0.4 is 4.74 Å². The molecule has 1 aliphatic carbocycles. The normalized spacial score (nSPS) is 13.7. The average Bonchev–Trinajstić information content (AvgIpc) is 3.02. The van der Waals surface area contributed by atoms with Crippen molar-refractivity contribution in [2.24, 2.45) is 0 Å². The van der Waals surface area contributed by atoms with Crippen molar-refractivity contribution in [1.29, 1.82) is 0 Å². The molecule has 0 amide bonds. The van der Waals surface area contributed by atoms with Crippen LogP contribution in [0.3, 0.4) is 0 Å². The lowest BCUT2D eigenvalue weighted by Crippen LogP contribution is -1.92. The molecule has 3 aromatic heterocycles. The lowest BCUT2D eigenvalue weighted by Gasteiger charge is -2.07. The van der Waals surface area contributed by atoms with E-state index < -0.39 is 0 Å². The number of hydrogen-bond donors (Lipinski definition) is 0. The topological polar surface area (TPSA) is 47.9 Å². The van der Waals surface area contributed by atoms with Crippen LogP contribution >= 0.6 is 22.9 Å². The van der Waals surface area contributed by atoms with E-state index in [1.165, 1.54) is 23.2 Å². The molecule has 1 aliphatic rings. The highest BCUT2D eigenvalue weighted by molar-refractivity contribution is 7.18. The van der Waals surface area contributed by atoms with Gasteiger partial charge in [-0.2, -0.15) is 0 Å². The highest BCUT2D eigenvalue weighted by atomic mass is 35.5. The molecule has 20 heavy (non-hydrogen) atoms. The van der Waals surface area contributed by atoms with Gasteiger partial charge in [-0.15, -0.1) is 11.3 Å². The summed E-state index contributed by atoms with van der Waals surface area (Å²) in [6.45, 7) is 0. The van der Waals surface area contributed by atoms with E-state index in [-0.39, 0.29) is 0 Å². The SMILES string of the molecule is Clc1ncccc1Oc1ncnc2sc3c(c12)CCC3. The quantitative estimate of drug-likeness (QED) is 0.671. The maximum atomic E-state index is 6.04. The molecule has 0 spiro atoms. The fraction of sp³-hybridized carbons (Fsp3) is 0.214. The van der Waals surface area contributed by atoms with Gasteiger partial charge in [-0.1, -0.05) is 11.6 Å². The minimum Gasteiger partial charge on any atom is -0.435 e. The van der Waals surface area contributed by atoms with Crippen LogP contribution in [0.4, 0.5) is 0 Å². The van der Waals surface area contributed by atoms with Gasteiger partial charge < -0.3 is 4.74 Å². The largest absolute Gasteiger partial charge is 0.435 e. The standard InChI is InChI=1S/C14H10ClN3OS/c15-12-9(4-2-6-16-12)19-13-11-8-3-1-5-10(8)20-14(11)18-7-17-13/h2,4,6-7H,1,3,5H2. The Labute approximate surface area is 124 Å². The van der Waals surface area contributed by atoms with Crippen molar-refractivity contribution in [2.45, 2.75) is 19.3 Å². The molecule has 0 radical (unpaired) electrons. The Kier molecular flexibility index (Phi) is 2.82. The third-order valence-electron chi connectivity index (χ3n) is 3.40. The second-order valence-electron chi connectivity index (χ2n) is 4.61. The minimum atomic E-state index is 0.339. The zero-order valence-electron chi connectivity index (χ0n) is 10.5. The van der Waals surface area contributed by atoms with Gasteiger partial charge in [0.05, 0.1) is 5.39 Å². The van der Waals surface area contributed by atoms with Gasteiger partial charge in [0.25, 0.3) is 0 Å². The molecule has 0 aromatic carbocycles. The molecule has 0 atom stereocenters. The molecule has 3 heterocycles. The molecule has 0 aliphatic heterocycles. The summed E-state index contributed by atoms with van der Waals surface area (Å²) in [5.74, 6) is 1.09. The first-order chi connectivity index (χ1) is 9.83. The van der Waals surface area contributed by atoms with E-state index >= 15 is 0 Å². The van der Waals surface area contributed by atoms with E-state index in [1.54, 1.807) is 29.7 Å². The van der Waals surface area contributed by atoms with Crippen LogP contribution in [0.1, 0.15) is 16.9 Å². The number of aryl methyl sites for hydroxylation is 2. The molecule has 4 rings (SSSR count). The van der Waals surface area contributed by atoms with E-state index in [2.05, 4.69) is 15.0 Å². The summed E-state index contributed by atoms with van der Waals surface area (Å²) in [6, 6.07) is 3.58. The molecule has 4 nitrogen and oxygen atoms in total. The molecule has 6 heteroatoms. The van der Waals surface area contributed by atoms with E-state index in [0.29, 0.717) is 16.8 Å². The summed E-state index contributed by atoms with van der Waals surface area (Å²) in [4.78, 5) is 15.0. The van der Waals surface area contributed by atoms with Gasteiger partial charge in [0.15, 0.2) is 10.9 Å². The molecule has 0 unspecified atom stereocenters. The van der Waals surface area contributed by atoms with Crippen LogP contribution in [-0.2, 0) is 12.8 Å². The van der Waals surface area contributed by atoms with Crippen LogP contribution in [0.5, 0.6) is 11.6 Å². The van der Waals surface area contributed by atoms with Crippen molar-refractivity contribution >= 4 is 33.2 Å². The van der Waals surface area contributed by atoms with Crippen molar-refractivity contribution in [3.05, 3.63) is 40.3 Å². The number of ether oxygens (including phenoxy) is 1. The van der Waals surface area contributed by atoms with Gasteiger partial charge in [-0.3, -0.25) is 0 Å². The van der Waals surface area contributed by atoms with E-state index in [0.717, 1.165) is 23.1 Å². The average molecular weight is 304 g/mol. The first-order valence-corrected chi connectivity index (χ1v) is 7.56. The molecule has 100 valence electrons. The van der Waals surface area contributed by atoms with E-state index in [1.807, 2.05) is 0 Å². The Morgan fingerprint density at radius 2 is 2.15 bits per heavy atom. The molecular formula is C14H10ClN3OS. The Bertz CT molecular complexity index is 802. The van der Waals surface area contributed by atoms with Gasteiger partial charge in [-0.25, -0.2) is 15.0 Å². The zero-order chi connectivity index (χ0) is 13.5. The molecule has 0 saturated heterocycles. The minimum absolute atomic E-state index is 0.339. The van der Waals surface area contributed by atoms with Crippen molar-refractivity contribution < 1.29 is 4.74 Å². The second kappa shape index (κ2) is 4.68. The third kappa shape index (κ3) is 1.85. The summed E-state index contributed by atoms with van der Waals surface area (Å²) in [7, 11) is 0. The van der Waals surface area contributed by atoms with Crippen LogP contribution in [-0.4, -0.2) is 15.0 Å². The summed E-state index contributed by atoms with van der Waals surface area (Å²) in [6.07, 6.45) is 6.56. The molecule has 3 aromatic rings. The van der Waals surface area contributed by atoms with Gasteiger partial charge in [0, 0.05) is 11.1 Å². The number of aromatic nitrogens is 3. The smallest absolute Gasteiger partial charge is 0.231 e. The Morgan fingerprint density at radius 1 is 1.20 bits per heavy atom. The maximum absolute atomic E-state index is 6.04. The number of fused-ring (bicyclic) bond motifs is 3. The molecular weight excluding hydrogens is 294 g/mol. The lowest BCUT2D eigenvalue weighted by molar-refractivity contribution is 0.466. The van der Waals surface area contributed by atoms with Crippen molar-refractivity contribution in [1.82, 2.24) is 15.0 Å². The lowest BCUT2D eigenvalue weighted by atomic mass is 10.2. The summed E-state index contributed by atoms with van der Waals surface area (Å²) < 4.78 is 5.87. The number of thiophene rings is 1. The van der Waals surface area contributed by atoms with Crippen molar-refractivity contribution in [3.63, 3.8) is 0 Å². The van der Waals surface area contributed by atoms with Crippen molar-refractivity contribution in [2.75, 3.05) is 0 Å². The van der Waals surface area contributed by atoms with E-state index in [9.17, 15) is 0 Å². The number of rotatable bonds is 2. The van der Waals surface area contributed by atoms with Crippen LogP contribution in [0.15, 0.2) is 24.7 Å². The Balaban J connectivity index is 1.86. The molecule has 0 bridgehead atoms. The fourth-order valence-corrected chi connectivity index (χ4v) is 3.91. The maximum Gasteiger partial charge on any atom is 0.231 e. The summed E-state index contributed by atoms with van der Waals surface area (Å²) >= 11 is 7.78. The highest BCUT2D eigenvalue weighted by Crippen LogP contribution is 2.41. The highest BCUT2D eigenvalue weighted by Gasteiger charge is 2.22. The first kappa shape index (κ1) is 12.1. The number of halogens is 1.